The number of anilines is 1. The van der Waals surface area contributed by atoms with Gasteiger partial charge in [0.25, 0.3) is 0 Å². The molecular weight excluding hydrogens is 178 g/mol. The van der Waals surface area contributed by atoms with Crippen LogP contribution in [-0.2, 0) is 6.42 Å². The highest BCUT2D eigenvalue weighted by atomic mass is 16.4. The van der Waals surface area contributed by atoms with E-state index in [1.54, 1.807) is 12.1 Å². The molecule has 0 radical (unpaired) electrons. The minimum Gasteiger partial charge on any atom is -0.465 e. The number of hydrogen-bond donors (Lipinski definition) is 2. The van der Waals surface area contributed by atoms with Gasteiger partial charge in [0.1, 0.15) is 0 Å². The predicted molar refractivity (Wildman–Crippen MR) is 56.6 cm³/mol. The fourth-order valence-corrected chi connectivity index (χ4v) is 1.32. The molecule has 0 aliphatic rings. The maximum atomic E-state index is 10.3. The minimum absolute atomic E-state index is 0.616. The van der Waals surface area contributed by atoms with Crippen LogP contribution in [0.3, 0.4) is 0 Å². The van der Waals surface area contributed by atoms with Gasteiger partial charge < -0.3 is 5.11 Å². The maximum absolute atomic E-state index is 10.3. The van der Waals surface area contributed by atoms with Gasteiger partial charge in [0.2, 0.25) is 0 Å². The normalized spacial score (nSPS) is 10.2. The second kappa shape index (κ2) is 4.65. The lowest BCUT2D eigenvalue weighted by atomic mass is 10.0. The first-order chi connectivity index (χ1) is 6.58. The van der Waals surface area contributed by atoms with E-state index in [0.29, 0.717) is 11.6 Å². The summed E-state index contributed by atoms with van der Waals surface area (Å²) in [6.45, 7) is 4.31. The smallest absolute Gasteiger partial charge is 0.409 e. The SMILES string of the molecule is CC(C)Cc1ccc(NC(=O)O)cc1. The van der Waals surface area contributed by atoms with Crippen molar-refractivity contribution in [3.63, 3.8) is 0 Å². The Labute approximate surface area is 83.8 Å². The summed E-state index contributed by atoms with van der Waals surface area (Å²) in [6.07, 6.45) is -0.00511. The van der Waals surface area contributed by atoms with Crippen molar-refractivity contribution in [1.29, 1.82) is 0 Å². The van der Waals surface area contributed by atoms with Crippen LogP contribution >= 0.6 is 0 Å². The van der Waals surface area contributed by atoms with E-state index in [9.17, 15) is 4.79 Å². The van der Waals surface area contributed by atoms with Crippen molar-refractivity contribution in [2.24, 2.45) is 5.92 Å². The van der Waals surface area contributed by atoms with E-state index in [1.165, 1.54) is 5.56 Å². The molecule has 0 saturated carbocycles. The number of nitrogens with one attached hydrogen (secondary N) is 1. The molecule has 0 heterocycles. The summed E-state index contributed by atoms with van der Waals surface area (Å²) in [7, 11) is 0. The van der Waals surface area contributed by atoms with Crippen LogP contribution in [0.15, 0.2) is 24.3 Å². The quantitative estimate of drug-likeness (QED) is 0.775. The zero-order valence-corrected chi connectivity index (χ0v) is 8.45. The van der Waals surface area contributed by atoms with Gasteiger partial charge in [0.15, 0.2) is 0 Å². The van der Waals surface area contributed by atoms with Crippen LogP contribution in [0.1, 0.15) is 19.4 Å². The van der Waals surface area contributed by atoms with Crippen molar-refractivity contribution >= 4 is 11.8 Å². The summed E-state index contributed by atoms with van der Waals surface area (Å²) in [6, 6.07) is 7.47. The summed E-state index contributed by atoms with van der Waals surface area (Å²) in [4.78, 5) is 10.3. The third kappa shape index (κ3) is 3.47. The molecule has 0 atom stereocenters. The molecule has 0 saturated heterocycles. The van der Waals surface area contributed by atoms with E-state index in [4.69, 9.17) is 5.11 Å². The Morgan fingerprint density at radius 2 is 1.93 bits per heavy atom. The molecule has 1 aromatic rings. The molecule has 3 nitrogen and oxygen atoms in total. The molecule has 0 aliphatic heterocycles. The van der Waals surface area contributed by atoms with Crippen LogP contribution in [0.4, 0.5) is 10.5 Å². The molecular formula is C11H15NO2. The van der Waals surface area contributed by atoms with E-state index < -0.39 is 6.09 Å². The number of benzene rings is 1. The largest absolute Gasteiger partial charge is 0.465 e. The van der Waals surface area contributed by atoms with Crippen LogP contribution in [0.25, 0.3) is 0 Å². The molecule has 14 heavy (non-hydrogen) atoms. The lowest BCUT2D eigenvalue weighted by Crippen LogP contribution is -2.07. The average molecular weight is 193 g/mol. The third-order valence-electron chi connectivity index (χ3n) is 1.85. The zero-order chi connectivity index (χ0) is 10.6. The van der Waals surface area contributed by atoms with Gasteiger partial charge in [-0.1, -0.05) is 26.0 Å². The van der Waals surface area contributed by atoms with E-state index in [1.807, 2.05) is 12.1 Å². The highest BCUT2D eigenvalue weighted by Crippen LogP contribution is 2.12. The van der Waals surface area contributed by atoms with Crippen molar-refractivity contribution < 1.29 is 9.90 Å². The fraction of sp³-hybridized carbons (Fsp3) is 0.364. The van der Waals surface area contributed by atoms with Gasteiger partial charge >= 0.3 is 6.09 Å². The molecule has 1 rings (SSSR count). The molecule has 0 fully saturated rings. The Morgan fingerprint density at radius 1 is 1.36 bits per heavy atom. The van der Waals surface area contributed by atoms with Crippen LogP contribution < -0.4 is 5.32 Å². The molecule has 0 bridgehead atoms. The summed E-state index contributed by atoms with van der Waals surface area (Å²) in [5, 5.41) is 10.8. The molecule has 0 unspecified atom stereocenters. The first-order valence-corrected chi connectivity index (χ1v) is 4.67. The monoisotopic (exact) mass is 193 g/mol. The van der Waals surface area contributed by atoms with Gasteiger partial charge in [-0.25, -0.2) is 4.79 Å². The van der Waals surface area contributed by atoms with Crippen LogP contribution in [0.5, 0.6) is 0 Å². The van der Waals surface area contributed by atoms with Crippen molar-refractivity contribution in [3.8, 4) is 0 Å². The van der Waals surface area contributed by atoms with Crippen molar-refractivity contribution in [1.82, 2.24) is 0 Å². The van der Waals surface area contributed by atoms with E-state index in [2.05, 4.69) is 19.2 Å². The molecule has 3 heteroatoms. The molecule has 2 N–H and O–H groups in total. The van der Waals surface area contributed by atoms with Gasteiger partial charge in [0.05, 0.1) is 0 Å². The van der Waals surface area contributed by atoms with Crippen LogP contribution in [0, 0.1) is 5.92 Å². The maximum Gasteiger partial charge on any atom is 0.409 e. The highest BCUT2D eigenvalue weighted by molar-refractivity contribution is 5.82. The fourth-order valence-electron chi connectivity index (χ4n) is 1.32. The second-order valence-electron chi connectivity index (χ2n) is 3.73. The number of hydrogen-bond acceptors (Lipinski definition) is 1. The summed E-state index contributed by atoms with van der Waals surface area (Å²) in [5.74, 6) is 0.619. The summed E-state index contributed by atoms with van der Waals surface area (Å²) < 4.78 is 0. The predicted octanol–water partition coefficient (Wildman–Crippen LogP) is 2.98. The van der Waals surface area contributed by atoms with Gasteiger partial charge in [-0.3, -0.25) is 5.32 Å². The van der Waals surface area contributed by atoms with Gasteiger partial charge in [-0.2, -0.15) is 0 Å². The lowest BCUT2D eigenvalue weighted by molar-refractivity contribution is 0.210. The van der Waals surface area contributed by atoms with Crippen molar-refractivity contribution in [2.45, 2.75) is 20.3 Å². The minimum atomic E-state index is -1.03. The summed E-state index contributed by atoms with van der Waals surface area (Å²) in [5.41, 5.74) is 1.85. The zero-order valence-electron chi connectivity index (χ0n) is 8.45. The van der Waals surface area contributed by atoms with Gasteiger partial charge in [-0.05, 0) is 30.0 Å². The standard InChI is InChI=1S/C11H15NO2/c1-8(2)7-9-3-5-10(6-4-9)12-11(13)14/h3-6,8,12H,7H2,1-2H3,(H,13,14). The third-order valence-corrected chi connectivity index (χ3v) is 1.85. The first-order valence-electron chi connectivity index (χ1n) is 4.67. The number of amides is 1. The second-order valence-corrected chi connectivity index (χ2v) is 3.73. The van der Waals surface area contributed by atoms with E-state index in [-0.39, 0.29) is 0 Å². The van der Waals surface area contributed by atoms with E-state index in [0.717, 1.165) is 6.42 Å². The lowest BCUT2D eigenvalue weighted by Gasteiger charge is -2.06. The number of carboxylic acid groups (broad SMARTS) is 1. The molecule has 1 aromatic carbocycles. The Kier molecular flexibility index (Phi) is 3.51. The molecule has 0 spiro atoms. The van der Waals surface area contributed by atoms with Crippen molar-refractivity contribution in [3.05, 3.63) is 29.8 Å². The Morgan fingerprint density at radius 3 is 2.36 bits per heavy atom. The number of carbonyl (C=O) groups is 1. The van der Waals surface area contributed by atoms with Crippen molar-refractivity contribution in [2.75, 3.05) is 5.32 Å². The Bertz CT molecular complexity index is 304. The molecule has 76 valence electrons. The van der Waals surface area contributed by atoms with Crippen LogP contribution in [-0.4, -0.2) is 11.2 Å². The Hall–Kier alpha value is -1.51. The summed E-state index contributed by atoms with van der Waals surface area (Å²) >= 11 is 0. The Balaban J connectivity index is 2.63. The van der Waals surface area contributed by atoms with Crippen LogP contribution in [0.2, 0.25) is 0 Å². The molecule has 0 aromatic heterocycles. The first kappa shape index (κ1) is 10.6. The highest BCUT2D eigenvalue weighted by Gasteiger charge is 1.99. The van der Waals surface area contributed by atoms with Gasteiger partial charge in [0, 0.05) is 5.69 Å². The van der Waals surface area contributed by atoms with E-state index >= 15 is 0 Å². The van der Waals surface area contributed by atoms with Gasteiger partial charge in [-0.15, -0.1) is 0 Å². The topological polar surface area (TPSA) is 49.3 Å². The average Bonchev–Trinajstić information content (AvgIpc) is 2.06. The molecule has 0 aliphatic carbocycles. The molecule has 1 amide bonds. The number of rotatable bonds is 3.